The fourth-order valence-corrected chi connectivity index (χ4v) is 5.16. The predicted molar refractivity (Wildman–Crippen MR) is 122 cm³/mol. The van der Waals surface area contributed by atoms with E-state index in [9.17, 15) is 14.7 Å². The summed E-state index contributed by atoms with van der Waals surface area (Å²) >= 11 is 0. The smallest absolute Gasteiger partial charge is 0.337 e. The Hall–Kier alpha value is -3.68. The molecule has 3 heterocycles. The van der Waals surface area contributed by atoms with Crippen molar-refractivity contribution in [2.45, 2.75) is 44.3 Å². The molecule has 0 radical (unpaired) electrons. The molecule has 2 N–H and O–H groups in total. The number of hydrogen-bond acceptors (Lipinski definition) is 5. The van der Waals surface area contributed by atoms with Crippen LogP contribution in [0.4, 0.5) is 16.3 Å². The van der Waals surface area contributed by atoms with Gasteiger partial charge in [0.05, 0.1) is 46.6 Å². The molecule has 2 amide bonds. The Bertz CT molecular complexity index is 1180. The van der Waals surface area contributed by atoms with Gasteiger partial charge in [-0.2, -0.15) is 0 Å². The van der Waals surface area contributed by atoms with E-state index in [1.54, 1.807) is 18.2 Å². The highest BCUT2D eigenvalue weighted by atomic mass is 16.4. The molecule has 2 aromatic carbocycles. The summed E-state index contributed by atoms with van der Waals surface area (Å²) in [5.41, 5.74) is 2.13. The highest BCUT2D eigenvalue weighted by Gasteiger charge is 2.48. The average molecular weight is 431 g/mol. The maximum absolute atomic E-state index is 13.3. The van der Waals surface area contributed by atoms with Gasteiger partial charge in [-0.15, -0.1) is 0 Å². The summed E-state index contributed by atoms with van der Waals surface area (Å²) in [6, 6.07) is 14.3. The fraction of sp³-hybridized carbons (Fsp3) is 0.333. The van der Waals surface area contributed by atoms with Crippen molar-refractivity contribution in [1.82, 2.24) is 14.9 Å². The Labute approximate surface area is 185 Å². The molecule has 2 fully saturated rings. The maximum Gasteiger partial charge on any atom is 0.337 e. The lowest BCUT2D eigenvalue weighted by Gasteiger charge is -2.47. The van der Waals surface area contributed by atoms with Gasteiger partial charge in [0.2, 0.25) is 0 Å². The number of carboxylic acid groups (broad SMARTS) is 1. The average Bonchev–Trinajstić information content (AvgIpc) is 3.13. The number of urea groups is 1. The van der Waals surface area contributed by atoms with E-state index in [0.29, 0.717) is 12.2 Å². The number of hydrogen-bond donors (Lipinski definition) is 2. The molecule has 3 atom stereocenters. The van der Waals surface area contributed by atoms with E-state index >= 15 is 0 Å². The summed E-state index contributed by atoms with van der Waals surface area (Å²) in [4.78, 5) is 38.4. The molecule has 2 saturated heterocycles. The van der Waals surface area contributed by atoms with E-state index in [1.807, 2.05) is 35.4 Å². The molecule has 0 unspecified atom stereocenters. The van der Waals surface area contributed by atoms with E-state index in [2.05, 4.69) is 22.1 Å². The van der Waals surface area contributed by atoms with Gasteiger partial charge in [0.1, 0.15) is 5.82 Å². The molecule has 8 nitrogen and oxygen atoms in total. The second kappa shape index (κ2) is 8.11. The van der Waals surface area contributed by atoms with Crippen LogP contribution in [0.25, 0.3) is 11.0 Å². The molecule has 5 rings (SSSR count). The van der Waals surface area contributed by atoms with Gasteiger partial charge in [-0.05, 0) is 43.5 Å². The molecule has 2 bridgehead atoms. The van der Waals surface area contributed by atoms with Crippen molar-refractivity contribution in [2.75, 3.05) is 16.8 Å². The van der Waals surface area contributed by atoms with Crippen molar-refractivity contribution in [3.05, 3.63) is 60.3 Å². The van der Waals surface area contributed by atoms with Crippen molar-refractivity contribution >= 4 is 34.5 Å². The van der Waals surface area contributed by atoms with E-state index < -0.39 is 5.97 Å². The van der Waals surface area contributed by atoms with Crippen LogP contribution in [-0.4, -0.2) is 56.6 Å². The number of amides is 2. The Balaban J connectivity index is 1.41. The Morgan fingerprint density at radius 1 is 1.09 bits per heavy atom. The van der Waals surface area contributed by atoms with Gasteiger partial charge in [-0.3, -0.25) is 4.98 Å². The fourth-order valence-electron chi connectivity index (χ4n) is 5.16. The SMILES string of the molecule is CC[C@@H]1[C@H]2CC[C@@H](CN1c1cnc3ccccc3n1)N2C(=O)Nc1ccccc1C(=O)O. The first-order valence-electron chi connectivity index (χ1n) is 11.0. The Kier molecular flexibility index (Phi) is 5.13. The number of aromatic carboxylic acids is 1. The molecule has 2 aliphatic rings. The van der Waals surface area contributed by atoms with Gasteiger partial charge in [-0.1, -0.05) is 31.2 Å². The molecule has 0 saturated carbocycles. The number of rotatable bonds is 4. The van der Waals surface area contributed by atoms with Crippen LogP contribution in [0.2, 0.25) is 0 Å². The predicted octanol–water partition coefficient (Wildman–Crippen LogP) is 3.99. The third kappa shape index (κ3) is 3.41. The standard InChI is InChI=1S/C24H25N5O3/c1-2-20-21-12-11-15(14-28(20)22-13-25-18-9-5-6-10-19(18)26-22)29(21)24(32)27-17-8-4-3-7-16(17)23(30)31/h3-10,13,15,20-21H,2,11-12,14H2,1H3,(H,27,32)(H,30,31)/t15-,20+,21+/m0/s1. The molecule has 2 aliphatic heterocycles. The number of para-hydroxylation sites is 3. The highest BCUT2D eigenvalue weighted by Crippen LogP contribution is 2.38. The molecule has 32 heavy (non-hydrogen) atoms. The number of benzene rings is 2. The number of nitrogens with zero attached hydrogens (tertiary/aromatic N) is 4. The van der Waals surface area contributed by atoms with Crippen LogP contribution >= 0.6 is 0 Å². The van der Waals surface area contributed by atoms with Crippen molar-refractivity contribution < 1.29 is 14.7 Å². The zero-order valence-corrected chi connectivity index (χ0v) is 17.8. The lowest BCUT2D eigenvalue weighted by atomic mass is 10.0. The van der Waals surface area contributed by atoms with Crippen LogP contribution < -0.4 is 10.2 Å². The van der Waals surface area contributed by atoms with E-state index in [-0.39, 0.29) is 29.7 Å². The van der Waals surface area contributed by atoms with Crippen LogP contribution in [0.1, 0.15) is 36.5 Å². The van der Waals surface area contributed by atoms with E-state index in [0.717, 1.165) is 36.1 Å². The number of aromatic nitrogens is 2. The van der Waals surface area contributed by atoms with Gasteiger partial charge >= 0.3 is 12.0 Å². The summed E-state index contributed by atoms with van der Waals surface area (Å²) < 4.78 is 0. The van der Waals surface area contributed by atoms with Crippen LogP contribution in [0, 0.1) is 0 Å². The molecule has 0 spiro atoms. The number of carbonyl (C=O) groups excluding carboxylic acids is 1. The van der Waals surface area contributed by atoms with Crippen LogP contribution in [0.15, 0.2) is 54.7 Å². The minimum absolute atomic E-state index is 0.0315. The second-order valence-electron chi connectivity index (χ2n) is 8.33. The van der Waals surface area contributed by atoms with Gasteiger partial charge in [-0.25, -0.2) is 14.6 Å². The zero-order chi connectivity index (χ0) is 22.2. The topological polar surface area (TPSA) is 98.7 Å². The number of fused-ring (bicyclic) bond motifs is 3. The normalized spacial score (nSPS) is 22.2. The minimum atomic E-state index is -1.06. The van der Waals surface area contributed by atoms with Crippen LogP contribution in [0.5, 0.6) is 0 Å². The Morgan fingerprint density at radius 2 is 1.84 bits per heavy atom. The third-order valence-corrected chi connectivity index (χ3v) is 6.58. The summed E-state index contributed by atoms with van der Waals surface area (Å²) in [5, 5.41) is 12.3. The summed E-state index contributed by atoms with van der Waals surface area (Å²) in [6.07, 6.45) is 4.51. The maximum atomic E-state index is 13.3. The van der Waals surface area contributed by atoms with Crippen molar-refractivity contribution in [3.63, 3.8) is 0 Å². The molecule has 164 valence electrons. The number of carbonyl (C=O) groups is 2. The molecular weight excluding hydrogens is 406 g/mol. The molecular formula is C24H25N5O3. The molecule has 3 aromatic rings. The van der Waals surface area contributed by atoms with Crippen molar-refractivity contribution in [2.24, 2.45) is 0 Å². The monoisotopic (exact) mass is 431 g/mol. The Morgan fingerprint density at radius 3 is 2.62 bits per heavy atom. The first-order valence-corrected chi connectivity index (χ1v) is 11.0. The molecule has 8 heteroatoms. The summed E-state index contributed by atoms with van der Waals surface area (Å²) in [6.45, 7) is 2.80. The first-order chi connectivity index (χ1) is 15.6. The largest absolute Gasteiger partial charge is 0.478 e. The highest BCUT2D eigenvalue weighted by molar-refractivity contribution is 6.00. The third-order valence-electron chi connectivity index (χ3n) is 6.58. The summed E-state index contributed by atoms with van der Waals surface area (Å²) in [5.74, 6) is -0.223. The van der Waals surface area contributed by atoms with E-state index in [1.165, 1.54) is 6.07 Å². The van der Waals surface area contributed by atoms with Crippen molar-refractivity contribution in [3.8, 4) is 0 Å². The number of carboxylic acids is 1. The quantitative estimate of drug-likeness (QED) is 0.648. The van der Waals surface area contributed by atoms with Gasteiger partial charge < -0.3 is 20.2 Å². The lowest BCUT2D eigenvalue weighted by Crippen LogP contribution is -2.62. The molecule has 0 aliphatic carbocycles. The van der Waals surface area contributed by atoms with E-state index in [4.69, 9.17) is 4.98 Å². The van der Waals surface area contributed by atoms with Gasteiger partial charge in [0.25, 0.3) is 0 Å². The van der Waals surface area contributed by atoms with Crippen LogP contribution in [-0.2, 0) is 0 Å². The van der Waals surface area contributed by atoms with Crippen molar-refractivity contribution in [1.29, 1.82) is 0 Å². The number of piperazine rings is 1. The second-order valence-corrected chi connectivity index (χ2v) is 8.33. The first kappa shape index (κ1) is 20.2. The van der Waals surface area contributed by atoms with Crippen LogP contribution in [0.3, 0.4) is 0 Å². The minimum Gasteiger partial charge on any atom is -0.478 e. The lowest BCUT2D eigenvalue weighted by molar-refractivity contribution is 0.0698. The van der Waals surface area contributed by atoms with Gasteiger partial charge in [0.15, 0.2) is 0 Å². The number of nitrogens with one attached hydrogen (secondary N) is 1. The summed E-state index contributed by atoms with van der Waals surface area (Å²) in [7, 11) is 0. The molecule has 1 aromatic heterocycles. The zero-order valence-electron chi connectivity index (χ0n) is 17.8. The number of anilines is 2. The van der Waals surface area contributed by atoms with Gasteiger partial charge in [0, 0.05) is 6.54 Å².